The molecule has 0 radical (unpaired) electrons. The predicted molar refractivity (Wildman–Crippen MR) is 70.2 cm³/mol. The predicted octanol–water partition coefficient (Wildman–Crippen LogP) is 3.45. The fourth-order valence-electron chi connectivity index (χ4n) is 1.21. The molecule has 1 atom stereocenters. The summed E-state index contributed by atoms with van der Waals surface area (Å²) in [4.78, 5) is 4.30. The van der Waals surface area contributed by atoms with Crippen LogP contribution in [0, 0.1) is 0 Å². The highest BCUT2D eigenvalue weighted by atomic mass is 79.9. The number of rotatable bonds is 6. The summed E-state index contributed by atoms with van der Waals surface area (Å²) in [5.74, 6) is 1.11. The molecule has 0 aliphatic carbocycles. The van der Waals surface area contributed by atoms with Crippen molar-refractivity contribution in [1.29, 1.82) is 0 Å². The van der Waals surface area contributed by atoms with Crippen molar-refractivity contribution in [2.45, 2.75) is 37.3 Å². The summed E-state index contributed by atoms with van der Waals surface area (Å²) in [7, 11) is 0. The van der Waals surface area contributed by atoms with Gasteiger partial charge >= 0.3 is 0 Å². The number of pyridine rings is 1. The third-order valence-electron chi connectivity index (χ3n) is 2.02. The van der Waals surface area contributed by atoms with Gasteiger partial charge in [0.2, 0.25) is 0 Å². The summed E-state index contributed by atoms with van der Waals surface area (Å²) < 4.78 is 1.09. The van der Waals surface area contributed by atoms with Crippen LogP contribution in [0.3, 0.4) is 0 Å². The molecule has 0 aliphatic heterocycles. The smallest absolute Gasteiger partial charge is 0.110 e. The Bertz CT molecular complexity index is 292. The van der Waals surface area contributed by atoms with E-state index in [4.69, 9.17) is 5.73 Å². The van der Waals surface area contributed by atoms with E-state index < -0.39 is 0 Å². The Morgan fingerprint density at radius 1 is 1.53 bits per heavy atom. The summed E-state index contributed by atoms with van der Waals surface area (Å²) in [5.41, 5.74) is 5.68. The van der Waals surface area contributed by atoms with Gasteiger partial charge in [-0.1, -0.05) is 6.42 Å². The molecule has 1 unspecified atom stereocenters. The maximum atomic E-state index is 5.68. The van der Waals surface area contributed by atoms with Gasteiger partial charge in [-0.15, -0.1) is 11.8 Å². The van der Waals surface area contributed by atoms with Crippen LogP contribution < -0.4 is 5.73 Å². The molecule has 1 aromatic heterocycles. The Hall–Kier alpha value is -0.0600. The van der Waals surface area contributed by atoms with Gasteiger partial charge in [0, 0.05) is 16.7 Å². The molecule has 0 fully saturated rings. The minimum absolute atomic E-state index is 0.330. The van der Waals surface area contributed by atoms with Gasteiger partial charge in [-0.05, 0) is 53.6 Å². The van der Waals surface area contributed by atoms with Crippen molar-refractivity contribution in [3.8, 4) is 0 Å². The first-order chi connectivity index (χ1) is 7.20. The average Bonchev–Trinajstić information content (AvgIpc) is 2.20. The molecule has 0 saturated carbocycles. The van der Waals surface area contributed by atoms with E-state index in [1.165, 1.54) is 12.8 Å². The normalized spacial score (nSPS) is 12.7. The number of nitrogens with two attached hydrogens (primary N) is 1. The van der Waals surface area contributed by atoms with Gasteiger partial charge in [0.05, 0.1) is 0 Å². The molecule has 2 N–H and O–H groups in total. The van der Waals surface area contributed by atoms with Crippen molar-refractivity contribution in [2.75, 3.05) is 5.75 Å². The Balaban J connectivity index is 2.18. The minimum atomic E-state index is 0.330. The molecule has 1 heterocycles. The number of nitrogens with zero attached hydrogens (tertiary/aromatic N) is 1. The number of thioether (sulfide) groups is 1. The fraction of sp³-hybridized carbons (Fsp3) is 0.545. The van der Waals surface area contributed by atoms with Gasteiger partial charge in [0.15, 0.2) is 0 Å². The molecule has 15 heavy (non-hydrogen) atoms. The first-order valence-corrected chi connectivity index (χ1v) is 6.97. The molecule has 4 heteroatoms. The van der Waals surface area contributed by atoms with Crippen molar-refractivity contribution in [1.82, 2.24) is 4.98 Å². The first kappa shape index (κ1) is 13.0. The molecule has 1 rings (SSSR count). The second kappa shape index (κ2) is 7.25. The van der Waals surface area contributed by atoms with Crippen LogP contribution in [0.5, 0.6) is 0 Å². The van der Waals surface area contributed by atoms with Gasteiger partial charge in [0.25, 0.3) is 0 Å². The number of unbranched alkanes of at least 4 members (excludes halogenated alkanes) is 1. The molecule has 0 aromatic carbocycles. The molecule has 0 saturated heterocycles. The van der Waals surface area contributed by atoms with E-state index in [9.17, 15) is 0 Å². The van der Waals surface area contributed by atoms with Crippen LogP contribution in [0.15, 0.2) is 27.8 Å². The monoisotopic (exact) mass is 288 g/mol. The fourth-order valence-corrected chi connectivity index (χ4v) is 2.70. The number of hydrogen-bond acceptors (Lipinski definition) is 3. The van der Waals surface area contributed by atoms with E-state index in [0.29, 0.717) is 6.04 Å². The summed E-state index contributed by atoms with van der Waals surface area (Å²) in [6.45, 7) is 2.06. The van der Waals surface area contributed by atoms with E-state index in [1.54, 1.807) is 11.8 Å². The van der Waals surface area contributed by atoms with Crippen molar-refractivity contribution >= 4 is 27.7 Å². The zero-order valence-electron chi connectivity index (χ0n) is 8.95. The van der Waals surface area contributed by atoms with Gasteiger partial charge in [0.1, 0.15) is 5.03 Å². The standard InChI is InChI=1S/C11H17BrN2S/c1-9(13)5-2-3-8-15-11-10(12)6-4-7-14-11/h4,6-7,9H,2-3,5,8,13H2,1H3. The highest BCUT2D eigenvalue weighted by Gasteiger charge is 2.00. The topological polar surface area (TPSA) is 38.9 Å². The molecule has 1 aromatic rings. The Morgan fingerprint density at radius 3 is 3.00 bits per heavy atom. The van der Waals surface area contributed by atoms with Crippen LogP contribution in [-0.2, 0) is 0 Å². The minimum Gasteiger partial charge on any atom is -0.328 e. The van der Waals surface area contributed by atoms with Gasteiger partial charge in [-0.2, -0.15) is 0 Å². The van der Waals surface area contributed by atoms with E-state index in [1.807, 2.05) is 18.3 Å². The zero-order valence-corrected chi connectivity index (χ0v) is 11.4. The van der Waals surface area contributed by atoms with E-state index in [0.717, 1.165) is 21.7 Å². The Kier molecular flexibility index (Phi) is 6.29. The number of halogens is 1. The SMILES string of the molecule is CC(N)CCCCSc1ncccc1Br. The van der Waals surface area contributed by atoms with Crippen molar-refractivity contribution < 1.29 is 0 Å². The number of aromatic nitrogens is 1. The van der Waals surface area contributed by atoms with E-state index >= 15 is 0 Å². The Morgan fingerprint density at radius 2 is 2.33 bits per heavy atom. The molecular formula is C11H17BrN2S. The lowest BCUT2D eigenvalue weighted by Crippen LogP contribution is -2.14. The third kappa shape index (κ3) is 5.54. The maximum absolute atomic E-state index is 5.68. The molecular weight excluding hydrogens is 272 g/mol. The lowest BCUT2D eigenvalue weighted by molar-refractivity contribution is 0.618. The zero-order chi connectivity index (χ0) is 11.1. The molecule has 0 aliphatic rings. The van der Waals surface area contributed by atoms with E-state index in [-0.39, 0.29) is 0 Å². The van der Waals surface area contributed by atoms with Crippen LogP contribution in [0.2, 0.25) is 0 Å². The molecule has 0 bridgehead atoms. The van der Waals surface area contributed by atoms with Crippen molar-refractivity contribution in [3.05, 3.63) is 22.8 Å². The molecule has 0 spiro atoms. The highest BCUT2D eigenvalue weighted by Crippen LogP contribution is 2.25. The summed E-state index contributed by atoms with van der Waals surface area (Å²) >= 11 is 5.29. The van der Waals surface area contributed by atoms with Crippen LogP contribution in [0.25, 0.3) is 0 Å². The molecule has 0 amide bonds. The van der Waals surface area contributed by atoms with E-state index in [2.05, 4.69) is 27.8 Å². The van der Waals surface area contributed by atoms with Gasteiger partial charge in [-0.25, -0.2) is 4.98 Å². The third-order valence-corrected chi connectivity index (χ3v) is 4.01. The first-order valence-electron chi connectivity index (χ1n) is 5.19. The van der Waals surface area contributed by atoms with Gasteiger partial charge in [-0.3, -0.25) is 0 Å². The van der Waals surface area contributed by atoms with Crippen LogP contribution >= 0.6 is 27.7 Å². The lowest BCUT2D eigenvalue weighted by atomic mass is 10.2. The maximum Gasteiger partial charge on any atom is 0.110 e. The summed E-state index contributed by atoms with van der Waals surface area (Å²) in [6, 6.07) is 4.29. The van der Waals surface area contributed by atoms with Crippen LogP contribution in [0.4, 0.5) is 0 Å². The Labute approximate surface area is 104 Å². The van der Waals surface area contributed by atoms with Crippen molar-refractivity contribution in [3.63, 3.8) is 0 Å². The van der Waals surface area contributed by atoms with Gasteiger partial charge < -0.3 is 5.73 Å². The summed E-state index contributed by atoms with van der Waals surface area (Å²) in [5, 5.41) is 1.08. The average molecular weight is 289 g/mol. The highest BCUT2D eigenvalue weighted by molar-refractivity contribution is 9.10. The van der Waals surface area contributed by atoms with Crippen molar-refractivity contribution in [2.24, 2.45) is 5.73 Å². The summed E-state index contributed by atoms with van der Waals surface area (Å²) in [6.07, 6.45) is 5.35. The molecule has 84 valence electrons. The lowest BCUT2D eigenvalue weighted by Gasteiger charge is -2.05. The van der Waals surface area contributed by atoms with Crippen LogP contribution in [0.1, 0.15) is 26.2 Å². The molecule has 2 nitrogen and oxygen atoms in total. The van der Waals surface area contributed by atoms with Crippen LogP contribution in [-0.4, -0.2) is 16.8 Å². The quantitative estimate of drug-likeness (QED) is 0.644. The largest absolute Gasteiger partial charge is 0.328 e. The second-order valence-corrected chi connectivity index (χ2v) is 5.55. The number of hydrogen-bond donors (Lipinski definition) is 1. The second-order valence-electron chi connectivity index (χ2n) is 3.61.